The maximum Gasteiger partial charge on any atom is 0.331 e. The van der Waals surface area contributed by atoms with Gasteiger partial charge in [0.2, 0.25) is 0 Å². The summed E-state index contributed by atoms with van der Waals surface area (Å²) in [6.45, 7) is 9.13. The highest BCUT2D eigenvalue weighted by molar-refractivity contribution is 5.97. The lowest BCUT2D eigenvalue weighted by Crippen LogP contribution is -2.40. The number of ether oxygens (including phenoxy) is 2. The van der Waals surface area contributed by atoms with Gasteiger partial charge in [0.25, 0.3) is 5.56 Å². The van der Waals surface area contributed by atoms with E-state index in [1.165, 1.54) is 11.6 Å². The molecular formula is C28H31N3O4. The van der Waals surface area contributed by atoms with Crippen molar-refractivity contribution in [3.8, 4) is 17.0 Å². The summed E-state index contributed by atoms with van der Waals surface area (Å²) >= 11 is 0. The van der Waals surface area contributed by atoms with Crippen LogP contribution in [0, 0.1) is 6.92 Å². The first-order valence-corrected chi connectivity index (χ1v) is 11.9. The lowest BCUT2D eigenvalue weighted by molar-refractivity contribution is -0.00816. The Morgan fingerprint density at radius 2 is 1.80 bits per heavy atom. The molecule has 7 nitrogen and oxygen atoms in total. The van der Waals surface area contributed by atoms with Crippen molar-refractivity contribution in [3.05, 3.63) is 86.2 Å². The molecule has 5 rings (SSSR count). The van der Waals surface area contributed by atoms with Crippen LogP contribution < -0.4 is 16.0 Å². The smallest absolute Gasteiger partial charge is 0.331 e. The highest BCUT2D eigenvalue weighted by Gasteiger charge is 2.41. The number of rotatable bonds is 4. The van der Waals surface area contributed by atoms with Crippen molar-refractivity contribution in [3.63, 3.8) is 0 Å². The molecule has 2 aromatic carbocycles. The average Bonchev–Trinajstić information content (AvgIpc) is 3.20. The number of para-hydroxylation sites is 1. The van der Waals surface area contributed by atoms with Crippen molar-refractivity contribution in [2.45, 2.75) is 39.3 Å². The molecule has 1 atom stereocenters. The molecule has 0 saturated carbocycles. The molecule has 0 bridgehead atoms. The van der Waals surface area contributed by atoms with Gasteiger partial charge in [-0.15, -0.1) is 0 Å². The van der Waals surface area contributed by atoms with Crippen molar-refractivity contribution in [2.75, 3.05) is 13.2 Å². The van der Waals surface area contributed by atoms with Gasteiger partial charge in [-0.05, 0) is 45.4 Å². The van der Waals surface area contributed by atoms with E-state index in [1.807, 2.05) is 56.3 Å². The number of nitrogens with zero attached hydrogens (tertiary/aromatic N) is 3. The lowest BCUT2D eigenvalue weighted by atomic mass is 9.97. The molecule has 0 amide bonds. The molecule has 35 heavy (non-hydrogen) atoms. The molecule has 1 aliphatic heterocycles. The number of hydrogen-bond acceptors (Lipinski definition) is 4. The van der Waals surface area contributed by atoms with Crippen LogP contribution in [0.2, 0.25) is 0 Å². The van der Waals surface area contributed by atoms with Gasteiger partial charge in [-0.2, -0.15) is 0 Å². The Hall–Kier alpha value is -3.58. The predicted molar refractivity (Wildman–Crippen MR) is 137 cm³/mol. The third-order valence-electron chi connectivity index (χ3n) is 6.86. The quantitative estimate of drug-likeness (QED) is 0.444. The van der Waals surface area contributed by atoms with Crippen LogP contribution >= 0.6 is 0 Å². The lowest BCUT2D eigenvalue weighted by Gasteiger charge is -2.39. The van der Waals surface area contributed by atoms with Crippen LogP contribution in [-0.2, 0) is 24.4 Å². The highest BCUT2D eigenvalue weighted by atomic mass is 16.5. The maximum absolute atomic E-state index is 13.7. The molecule has 0 radical (unpaired) electrons. The fraction of sp³-hybridized carbons (Fsp3) is 0.357. The molecule has 2 aromatic heterocycles. The molecule has 0 saturated heterocycles. The molecule has 0 spiro atoms. The molecule has 0 unspecified atom stereocenters. The van der Waals surface area contributed by atoms with Crippen LogP contribution in [0.15, 0.2) is 58.1 Å². The number of aryl methyl sites for hydroxylation is 2. The van der Waals surface area contributed by atoms with E-state index in [1.54, 1.807) is 11.6 Å². The molecular weight excluding hydrogens is 442 g/mol. The Labute approximate surface area is 204 Å². The number of fused-ring (bicyclic) bond motifs is 3. The van der Waals surface area contributed by atoms with Gasteiger partial charge in [-0.25, -0.2) is 4.79 Å². The second kappa shape index (κ2) is 8.27. The molecule has 0 aliphatic carbocycles. The maximum atomic E-state index is 13.7. The van der Waals surface area contributed by atoms with Crippen LogP contribution in [-0.4, -0.2) is 26.9 Å². The molecule has 3 heterocycles. The number of benzene rings is 2. The van der Waals surface area contributed by atoms with Gasteiger partial charge in [0.1, 0.15) is 11.9 Å². The predicted octanol–water partition coefficient (Wildman–Crippen LogP) is 4.27. The molecule has 7 heteroatoms. The SMILES string of the molecule is CCOc1ccccc1[C@H]1OCC(C)(C)n2c(-c3cccc(C)c3)c3c(=O)n(C)c(=O)n(C)c3c21. The normalized spacial score (nSPS) is 16.9. The van der Waals surface area contributed by atoms with Crippen molar-refractivity contribution >= 4 is 10.9 Å². The van der Waals surface area contributed by atoms with Crippen molar-refractivity contribution in [1.82, 2.24) is 13.7 Å². The van der Waals surface area contributed by atoms with E-state index in [2.05, 4.69) is 24.5 Å². The van der Waals surface area contributed by atoms with Gasteiger partial charge >= 0.3 is 5.69 Å². The Bertz CT molecular complexity index is 1570. The van der Waals surface area contributed by atoms with Crippen LogP contribution in [0.25, 0.3) is 22.2 Å². The van der Waals surface area contributed by atoms with Gasteiger partial charge in [0.15, 0.2) is 0 Å². The topological polar surface area (TPSA) is 67.4 Å². The van der Waals surface area contributed by atoms with Gasteiger partial charge in [-0.3, -0.25) is 13.9 Å². The molecule has 0 fully saturated rings. The van der Waals surface area contributed by atoms with Crippen LogP contribution in [0.4, 0.5) is 0 Å². The summed E-state index contributed by atoms with van der Waals surface area (Å²) in [5.74, 6) is 0.728. The average molecular weight is 474 g/mol. The number of hydrogen-bond donors (Lipinski definition) is 0. The Morgan fingerprint density at radius 1 is 1.06 bits per heavy atom. The Morgan fingerprint density at radius 3 is 2.51 bits per heavy atom. The van der Waals surface area contributed by atoms with E-state index in [-0.39, 0.29) is 11.2 Å². The zero-order valence-electron chi connectivity index (χ0n) is 21.1. The monoisotopic (exact) mass is 473 g/mol. The standard InChI is InChI=1S/C28H31N3O4/c1-7-34-20-14-9-8-13-19(20)25-24-23-21(26(32)30(6)27(33)29(23)5)22(18-12-10-11-17(2)15-18)31(24)28(3,4)16-35-25/h8-15,25H,7,16H2,1-6H3/t25-/m1/s1. The Balaban J connectivity index is 2.00. The third kappa shape index (κ3) is 3.45. The first kappa shape index (κ1) is 23.2. The van der Waals surface area contributed by atoms with E-state index < -0.39 is 11.6 Å². The van der Waals surface area contributed by atoms with E-state index in [0.29, 0.717) is 24.1 Å². The third-order valence-corrected chi connectivity index (χ3v) is 6.86. The molecule has 182 valence electrons. The minimum atomic E-state index is -0.510. The van der Waals surface area contributed by atoms with E-state index in [9.17, 15) is 9.59 Å². The molecule has 4 aromatic rings. The summed E-state index contributed by atoms with van der Waals surface area (Å²) in [5.41, 5.74) is 3.94. The summed E-state index contributed by atoms with van der Waals surface area (Å²) in [6.07, 6.45) is -0.510. The molecule has 1 aliphatic rings. The second-order valence-electron chi connectivity index (χ2n) is 9.84. The molecule has 0 N–H and O–H groups in total. The number of aromatic nitrogens is 3. The zero-order valence-corrected chi connectivity index (χ0v) is 21.1. The summed E-state index contributed by atoms with van der Waals surface area (Å²) in [6, 6.07) is 15.9. The minimum absolute atomic E-state index is 0.311. The first-order chi connectivity index (χ1) is 16.7. The van der Waals surface area contributed by atoms with Crippen molar-refractivity contribution < 1.29 is 9.47 Å². The van der Waals surface area contributed by atoms with Crippen molar-refractivity contribution in [1.29, 1.82) is 0 Å². The fourth-order valence-electron chi connectivity index (χ4n) is 5.28. The summed E-state index contributed by atoms with van der Waals surface area (Å²) in [7, 11) is 3.25. The van der Waals surface area contributed by atoms with Gasteiger partial charge in [0.05, 0.1) is 41.0 Å². The van der Waals surface area contributed by atoms with Crippen molar-refractivity contribution in [2.24, 2.45) is 14.1 Å². The summed E-state index contributed by atoms with van der Waals surface area (Å²) in [4.78, 5) is 26.8. The van der Waals surface area contributed by atoms with E-state index >= 15 is 0 Å². The van der Waals surface area contributed by atoms with Gasteiger partial charge in [-0.1, -0.05) is 42.0 Å². The summed E-state index contributed by atoms with van der Waals surface area (Å²) in [5, 5.41) is 0.521. The second-order valence-corrected chi connectivity index (χ2v) is 9.84. The largest absolute Gasteiger partial charge is 0.493 e. The van der Waals surface area contributed by atoms with Crippen LogP contribution in [0.3, 0.4) is 0 Å². The first-order valence-electron chi connectivity index (χ1n) is 11.9. The van der Waals surface area contributed by atoms with Crippen LogP contribution in [0.1, 0.15) is 43.7 Å². The summed E-state index contributed by atoms with van der Waals surface area (Å²) < 4.78 is 17.4. The van der Waals surface area contributed by atoms with E-state index in [4.69, 9.17) is 9.47 Å². The highest BCUT2D eigenvalue weighted by Crippen LogP contribution is 2.47. The zero-order chi connectivity index (χ0) is 25.1. The fourth-order valence-corrected chi connectivity index (χ4v) is 5.28. The van der Waals surface area contributed by atoms with Gasteiger partial charge in [0, 0.05) is 19.7 Å². The Kier molecular flexibility index (Phi) is 5.48. The van der Waals surface area contributed by atoms with E-state index in [0.717, 1.165) is 33.8 Å². The minimum Gasteiger partial charge on any atom is -0.493 e. The van der Waals surface area contributed by atoms with Crippen LogP contribution in [0.5, 0.6) is 5.75 Å². The van der Waals surface area contributed by atoms with Gasteiger partial charge < -0.3 is 14.0 Å².